The van der Waals surface area contributed by atoms with Gasteiger partial charge >= 0.3 is 0 Å². The van der Waals surface area contributed by atoms with Crippen molar-refractivity contribution >= 4 is 19.9 Å². The molecule has 1 atom stereocenters. The van der Waals surface area contributed by atoms with E-state index in [4.69, 9.17) is 4.43 Å². The predicted octanol–water partition coefficient (Wildman–Crippen LogP) is 6.55. The van der Waals surface area contributed by atoms with Crippen LogP contribution in [0.15, 0.2) is 60.7 Å². The first-order valence-corrected chi connectivity index (χ1v) is 13.7. The van der Waals surface area contributed by atoms with Crippen LogP contribution in [-0.4, -0.2) is 19.9 Å². The van der Waals surface area contributed by atoms with Crippen molar-refractivity contribution in [2.75, 3.05) is 0 Å². The molecule has 160 valence electrons. The fourth-order valence-electron chi connectivity index (χ4n) is 3.80. The smallest absolute Gasteiger partial charge is 0.193 e. The van der Waals surface area contributed by atoms with Gasteiger partial charge in [0.1, 0.15) is 5.78 Å². The van der Waals surface area contributed by atoms with E-state index in [1.165, 1.54) is 0 Å². The quantitative estimate of drug-likeness (QED) is 0.275. The lowest BCUT2D eigenvalue weighted by Gasteiger charge is -2.44. The highest BCUT2D eigenvalue weighted by molar-refractivity contribution is 6.74. The SMILES string of the molecule is CC(CC(=O)C1(C(=O)c2ccccc2)CC1)(O[Si](C)(C)C(C)(C)C)c1ccccc1. The van der Waals surface area contributed by atoms with Crippen LogP contribution < -0.4 is 0 Å². The third-order valence-electron chi connectivity index (χ3n) is 6.92. The molecule has 0 radical (unpaired) electrons. The minimum absolute atomic E-state index is 0.00131. The third kappa shape index (κ3) is 4.35. The average molecular weight is 423 g/mol. The fraction of sp³-hybridized carbons (Fsp3) is 0.462. The van der Waals surface area contributed by atoms with Crippen molar-refractivity contribution in [1.29, 1.82) is 0 Å². The first-order chi connectivity index (χ1) is 13.9. The number of rotatable bonds is 8. The first-order valence-electron chi connectivity index (χ1n) is 10.8. The summed E-state index contributed by atoms with van der Waals surface area (Å²) < 4.78 is 6.86. The summed E-state index contributed by atoms with van der Waals surface area (Å²) in [5.74, 6) is -0.0442. The highest BCUT2D eigenvalue weighted by Gasteiger charge is 2.57. The lowest BCUT2D eigenvalue weighted by atomic mass is 9.82. The zero-order valence-electron chi connectivity index (χ0n) is 19.1. The summed E-state index contributed by atoms with van der Waals surface area (Å²) in [7, 11) is -2.16. The van der Waals surface area contributed by atoms with E-state index in [1.54, 1.807) is 12.1 Å². The second-order valence-electron chi connectivity index (χ2n) is 10.3. The zero-order valence-corrected chi connectivity index (χ0v) is 20.1. The summed E-state index contributed by atoms with van der Waals surface area (Å²) in [6, 6.07) is 19.2. The largest absolute Gasteiger partial charge is 0.407 e. The standard InChI is InChI=1S/C26H34O3Si/c1-24(2,3)30(5,6)29-25(4,21-15-11-8-12-16-21)19-22(27)26(17-18-26)23(28)20-13-9-7-10-14-20/h7-16H,17-19H2,1-6H3. The Morgan fingerprint density at radius 1 is 0.900 bits per heavy atom. The third-order valence-corrected chi connectivity index (χ3v) is 11.5. The van der Waals surface area contributed by atoms with Gasteiger partial charge in [-0.3, -0.25) is 9.59 Å². The molecule has 1 saturated carbocycles. The molecular weight excluding hydrogens is 388 g/mol. The van der Waals surface area contributed by atoms with Gasteiger partial charge in [-0.05, 0) is 43.5 Å². The van der Waals surface area contributed by atoms with Crippen LogP contribution in [0.4, 0.5) is 0 Å². The molecule has 0 saturated heterocycles. The van der Waals surface area contributed by atoms with Crippen molar-refractivity contribution in [2.45, 2.75) is 70.7 Å². The van der Waals surface area contributed by atoms with Crippen LogP contribution in [0.5, 0.6) is 0 Å². The van der Waals surface area contributed by atoms with E-state index in [0.29, 0.717) is 18.4 Å². The van der Waals surface area contributed by atoms with Gasteiger partial charge in [0, 0.05) is 12.0 Å². The summed E-state index contributed by atoms with van der Waals surface area (Å²) in [5, 5.41) is 0.0171. The molecule has 3 nitrogen and oxygen atoms in total. The minimum atomic E-state index is -2.16. The molecule has 0 bridgehead atoms. The molecule has 1 fully saturated rings. The molecule has 4 heteroatoms. The second-order valence-corrected chi connectivity index (χ2v) is 15.1. The second kappa shape index (κ2) is 7.90. The average Bonchev–Trinajstić information content (AvgIpc) is 3.49. The highest BCUT2D eigenvalue weighted by atomic mass is 28.4. The van der Waals surface area contributed by atoms with Gasteiger partial charge in [0.15, 0.2) is 14.1 Å². The van der Waals surface area contributed by atoms with Crippen LogP contribution in [-0.2, 0) is 14.8 Å². The highest BCUT2D eigenvalue weighted by Crippen LogP contribution is 2.52. The Morgan fingerprint density at radius 2 is 1.40 bits per heavy atom. The van der Waals surface area contributed by atoms with Crippen molar-refractivity contribution in [2.24, 2.45) is 5.41 Å². The predicted molar refractivity (Wildman–Crippen MR) is 124 cm³/mol. The summed E-state index contributed by atoms with van der Waals surface area (Å²) >= 11 is 0. The van der Waals surface area contributed by atoms with E-state index in [0.717, 1.165) is 5.56 Å². The molecule has 0 spiro atoms. The summed E-state index contributed by atoms with van der Waals surface area (Å²) in [5.41, 5.74) is -0.0246. The number of carbonyl (C=O) groups excluding carboxylic acids is 2. The summed E-state index contributed by atoms with van der Waals surface area (Å²) in [6.45, 7) is 13.0. The Kier molecular flexibility index (Phi) is 5.96. The maximum absolute atomic E-state index is 13.6. The van der Waals surface area contributed by atoms with E-state index < -0.39 is 19.3 Å². The number of Topliss-reactive ketones (excluding diaryl/α,β-unsaturated/α-hetero) is 2. The van der Waals surface area contributed by atoms with Gasteiger partial charge in [-0.15, -0.1) is 0 Å². The Labute approximate surface area is 182 Å². The number of hydrogen-bond donors (Lipinski definition) is 0. The molecule has 0 aliphatic heterocycles. The number of hydrogen-bond acceptors (Lipinski definition) is 3. The van der Waals surface area contributed by atoms with E-state index in [1.807, 2.05) is 55.5 Å². The van der Waals surface area contributed by atoms with Gasteiger partial charge in [-0.25, -0.2) is 0 Å². The molecule has 30 heavy (non-hydrogen) atoms. The first kappa shape index (κ1) is 22.6. The van der Waals surface area contributed by atoms with Crippen molar-refractivity contribution in [3.63, 3.8) is 0 Å². The van der Waals surface area contributed by atoms with Gasteiger partial charge in [0.05, 0.1) is 11.0 Å². The van der Waals surface area contributed by atoms with Gasteiger partial charge in [0.25, 0.3) is 0 Å². The van der Waals surface area contributed by atoms with Crippen molar-refractivity contribution in [3.05, 3.63) is 71.8 Å². The maximum atomic E-state index is 13.6. The normalized spacial score (nSPS) is 17.8. The monoisotopic (exact) mass is 422 g/mol. The van der Waals surface area contributed by atoms with Crippen molar-refractivity contribution in [3.8, 4) is 0 Å². The maximum Gasteiger partial charge on any atom is 0.193 e. The number of ketones is 2. The summed E-state index contributed by atoms with van der Waals surface area (Å²) in [6.07, 6.45) is 1.47. The van der Waals surface area contributed by atoms with Crippen LogP contribution in [0.3, 0.4) is 0 Å². The van der Waals surface area contributed by atoms with Gasteiger partial charge < -0.3 is 4.43 Å². The molecule has 0 N–H and O–H groups in total. The van der Waals surface area contributed by atoms with Crippen LogP contribution in [0.25, 0.3) is 0 Å². The lowest BCUT2D eigenvalue weighted by Crippen LogP contribution is -2.48. The molecule has 0 heterocycles. The molecule has 1 unspecified atom stereocenters. The molecule has 0 amide bonds. The molecule has 1 aliphatic rings. The van der Waals surface area contributed by atoms with Gasteiger partial charge in [-0.1, -0.05) is 81.4 Å². The van der Waals surface area contributed by atoms with Crippen LogP contribution in [0.2, 0.25) is 18.1 Å². The van der Waals surface area contributed by atoms with E-state index in [2.05, 4.69) is 33.9 Å². The molecule has 2 aromatic carbocycles. The Bertz CT molecular complexity index is 908. The van der Waals surface area contributed by atoms with E-state index in [9.17, 15) is 9.59 Å². The Morgan fingerprint density at radius 3 is 1.87 bits per heavy atom. The van der Waals surface area contributed by atoms with Gasteiger partial charge in [-0.2, -0.15) is 0 Å². The Balaban J connectivity index is 1.92. The molecule has 2 aromatic rings. The zero-order chi connectivity index (χ0) is 22.2. The van der Waals surface area contributed by atoms with E-state index in [-0.39, 0.29) is 23.0 Å². The van der Waals surface area contributed by atoms with Crippen LogP contribution in [0, 0.1) is 5.41 Å². The van der Waals surface area contributed by atoms with E-state index >= 15 is 0 Å². The van der Waals surface area contributed by atoms with Crippen LogP contribution >= 0.6 is 0 Å². The fourth-order valence-corrected chi connectivity index (χ4v) is 5.43. The molecular formula is C26H34O3Si. The molecule has 1 aliphatic carbocycles. The molecule has 0 aromatic heterocycles. The number of carbonyl (C=O) groups is 2. The number of benzene rings is 2. The van der Waals surface area contributed by atoms with Crippen molar-refractivity contribution in [1.82, 2.24) is 0 Å². The Hall–Kier alpha value is -2.04. The van der Waals surface area contributed by atoms with Crippen LogP contribution in [0.1, 0.15) is 62.9 Å². The minimum Gasteiger partial charge on any atom is -0.407 e. The topological polar surface area (TPSA) is 43.4 Å². The van der Waals surface area contributed by atoms with Crippen molar-refractivity contribution < 1.29 is 14.0 Å². The molecule has 3 rings (SSSR count). The van der Waals surface area contributed by atoms with Gasteiger partial charge in [0.2, 0.25) is 0 Å². The summed E-state index contributed by atoms with van der Waals surface area (Å²) in [4.78, 5) is 26.8. The lowest BCUT2D eigenvalue weighted by molar-refractivity contribution is -0.126.